The van der Waals surface area contributed by atoms with Gasteiger partial charge in [0.1, 0.15) is 0 Å². The SMILES string of the molecule is CCNC(=O)NC1(C2CNCCC2(C)C(=O)O)N=CC=CN1c1cc(-c2ccncc2)c2scnc2c1. The van der Waals surface area contributed by atoms with Gasteiger partial charge in [-0.25, -0.2) is 14.8 Å². The van der Waals surface area contributed by atoms with Crippen molar-refractivity contribution in [2.45, 2.75) is 26.1 Å². The van der Waals surface area contributed by atoms with Crippen molar-refractivity contribution in [3.63, 3.8) is 0 Å². The summed E-state index contributed by atoms with van der Waals surface area (Å²) in [6.07, 6.45) is 9.11. The van der Waals surface area contributed by atoms with Crippen LogP contribution in [-0.2, 0) is 4.79 Å². The zero-order chi connectivity index (χ0) is 26.0. The van der Waals surface area contributed by atoms with Crippen LogP contribution in [0.25, 0.3) is 21.3 Å². The zero-order valence-electron chi connectivity index (χ0n) is 20.6. The molecular formula is C26H29N7O3S. The number of urea groups is 1. The molecule has 0 radical (unpaired) electrons. The largest absolute Gasteiger partial charge is 0.481 e. The van der Waals surface area contributed by atoms with Gasteiger partial charge < -0.3 is 20.6 Å². The Labute approximate surface area is 218 Å². The van der Waals surface area contributed by atoms with Crippen LogP contribution in [0.15, 0.2) is 59.4 Å². The summed E-state index contributed by atoms with van der Waals surface area (Å²) in [5.74, 6) is -2.94. The molecule has 10 nitrogen and oxygen atoms in total. The van der Waals surface area contributed by atoms with Crippen molar-refractivity contribution in [2.24, 2.45) is 16.3 Å². The van der Waals surface area contributed by atoms with Crippen LogP contribution < -0.4 is 20.9 Å². The Morgan fingerprint density at radius 2 is 2.11 bits per heavy atom. The average Bonchev–Trinajstić information content (AvgIpc) is 3.38. The van der Waals surface area contributed by atoms with E-state index >= 15 is 0 Å². The summed E-state index contributed by atoms with van der Waals surface area (Å²) >= 11 is 1.55. The molecule has 2 aliphatic rings. The van der Waals surface area contributed by atoms with Crippen LogP contribution in [0.5, 0.6) is 0 Å². The van der Waals surface area contributed by atoms with Crippen LogP contribution in [0, 0.1) is 11.3 Å². The van der Waals surface area contributed by atoms with Gasteiger partial charge in [-0.15, -0.1) is 11.3 Å². The fourth-order valence-corrected chi connectivity index (χ4v) is 6.03. The number of hydrogen-bond donors (Lipinski definition) is 4. The molecule has 0 aliphatic carbocycles. The third kappa shape index (κ3) is 4.34. The molecule has 1 saturated heterocycles. The van der Waals surface area contributed by atoms with Crippen LogP contribution in [0.3, 0.4) is 0 Å². The molecule has 4 N–H and O–H groups in total. The molecule has 0 spiro atoms. The predicted molar refractivity (Wildman–Crippen MR) is 145 cm³/mol. The summed E-state index contributed by atoms with van der Waals surface area (Å²) < 4.78 is 1.02. The minimum atomic E-state index is -1.41. The summed E-state index contributed by atoms with van der Waals surface area (Å²) in [7, 11) is 0. The second kappa shape index (κ2) is 9.91. The van der Waals surface area contributed by atoms with E-state index in [2.05, 4.69) is 25.9 Å². The number of carboxylic acids is 1. The molecule has 192 valence electrons. The van der Waals surface area contributed by atoms with Gasteiger partial charge in [0, 0.05) is 49.1 Å². The number of aliphatic imine (C=N–C) groups is 1. The maximum Gasteiger partial charge on any atom is 0.318 e. The summed E-state index contributed by atoms with van der Waals surface area (Å²) in [5.41, 5.74) is 4.13. The molecule has 2 aliphatic heterocycles. The van der Waals surface area contributed by atoms with Crippen LogP contribution in [0.1, 0.15) is 20.3 Å². The zero-order valence-corrected chi connectivity index (χ0v) is 21.5. The molecule has 37 heavy (non-hydrogen) atoms. The molecule has 0 bridgehead atoms. The van der Waals surface area contributed by atoms with Gasteiger partial charge in [-0.2, -0.15) is 0 Å². The first-order chi connectivity index (χ1) is 17.9. The van der Waals surface area contributed by atoms with E-state index in [-0.39, 0.29) is 0 Å². The number of aromatic nitrogens is 2. The highest BCUT2D eigenvalue weighted by Crippen LogP contribution is 2.46. The van der Waals surface area contributed by atoms with Crippen molar-refractivity contribution in [3.05, 3.63) is 54.4 Å². The van der Waals surface area contributed by atoms with E-state index in [1.807, 2.05) is 42.3 Å². The number of carboxylic acid groups (broad SMARTS) is 1. The van der Waals surface area contributed by atoms with E-state index in [0.29, 0.717) is 26.1 Å². The highest BCUT2D eigenvalue weighted by molar-refractivity contribution is 7.17. The Hall–Kier alpha value is -3.83. The molecule has 2 amide bonds. The lowest BCUT2D eigenvalue weighted by Gasteiger charge is -2.52. The van der Waals surface area contributed by atoms with Crippen molar-refractivity contribution in [1.82, 2.24) is 25.9 Å². The number of carbonyl (C=O) groups is 2. The van der Waals surface area contributed by atoms with Gasteiger partial charge in [0.2, 0.25) is 5.79 Å². The van der Waals surface area contributed by atoms with Crippen molar-refractivity contribution >= 4 is 45.5 Å². The number of amides is 2. The normalized spacial score (nSPS) is 25.2. The fourth-order valence-electron chi connectivity index (χ4n) is 5.23. The molecule has 0 saturated carbocycles. The first-order valence-corrected chi connectivity index (χ1v) is 13.1. The number of aliphatic carboxylic acids is 1. The Morgan fingerprint density at radius 3 is 2.86 bits per heavy atom. The quantitative estimate of drug-likeness (QED) is 0.392. The second-order valence-corrected chi connectivity index (χ2v) is 10.2. The smallest absolute Gasteiger partial charge is 0.318 e. The van der Waals surface area contributed by atoms with E-state index in [0.717, 1.165) is 27.0 Å². The van der Waals surface area contributed by atoms with Gasteiger partial charge in [0.15, 0.2) is 0 Å². The molecule has 3 aromatic rings. The number of hydrogen-bond acceptors (Lipinski definition) is 8. The Morgan fingerprint density at radius 1 is 1.30 bits per heavy atom. The van der Waals surface area contributed by atoms with Gasteiger partial charge in [-0.3, -0.25) is 15.1 Å². The van der Waals surface area contributed by atoms with Crippen LogP contribution in [-0.4, -0.2) is 58.7 Å². The third-order valence-corrected chi connectivity index (χ3v) is 8.07. The van der Waals surface area contributed by atoms with Crippen LogP contribution in [0.2, 0.25) is 0 Å². The van der Waals surface area contributed by atoms with Gasteiger partial charge in [0.25, 0.3) is 0 Å². The monoisotopic (exact) mass is 519 g/mol. The van der Waals surface area contributed by atoms with E-state index in [4.69, 9.17) is 4.99 Å². The summed E-state index contributed by atoms with van der Waals surface area (Å²) in [6, 6.07) is 7.43. The Balaban J connectivity index is 1.71. The molecule has 5 rings (SSSR count). The highest BCUT2D eigenvalue weighted by Gasteiger charge is 2.57. The first-order valence-electron chi connectivity index (χ1n) is 12.2. The molecule has 2 aromatic heterocycles. The number of carbonyl (C=O) groups excluding carboxylic acids is 1. The number of anilines is 1. The van der Waals surface area contributed by atoms with Gasteiger partial charge in [0.05, 0.1) is 27.1 Å². The maximum absolute atomic E-state index is 13.0. The first kappa shape index (κ1) is 24.8. The molecule has 4 heterocycles. The van der Waals surface area contributed by atoms with Crippen molar-refractivity contribution in [1.29, 1.82) is 0 Å². The fraction of sp³-hybridized carbons (Fsp3) is 0.346. The number of pyridine rings is 1. The highest BCUT2D eigenvalue weighted by atomic mass is 32.1. The lowest BCUT2D eigenvalue weighted by Crippen LogP contribution is -2.71. The topological polar surface area (TPSA) is 132 Å². The number of benzene rings is 1. The number of nitrogens with one attached hydrogen (secondary N) is 3. The Kier molecular flexibility index (Phi) is 6.65. The number of rotatable bonds is 6. The second-order valence-electron chi connectivity index (χ2n) is 9.36. The van der Waals surface area contributed by atoms with Crippen LogP contribution in [0.4, 0.5) is 10.5 Å². The summed E-state index contributed by atoms with van der Waals surface area (Å²) in [6.45, 7) is 4.90. The van der Waals surface area contributed by atoms with Gasteiger partial charge in [-0.1, -0.05) is 0 Å². The average molecular weight is 520 g/mol. The number of allylic oxidation sites excluding steroid dienone is 1. The molecule has 1 aromatic carbocycles. The lowest BCUT2D eigenvalue weighted by molar-refractivity contribution is -0.155. The predicted octanol–water partition coefficient (Wildman–Crippen LogP) is 3.44. The van der Waals surface area contributed by atoms with E-state index in [9.17, 15) is 14.7 Å². The van der Waals surface area contributed by atoms with E-state index in [1.54, 1.807) is 48.5 Å². The van der Waals surface area contributed by atoms with Gasteiger partial charge >= 0.3 is 12.0 Å². The number of fused-ring (bicyclic) bond motifs is 1. The molecule has 3 unspecified atom stereocenters. The summed E-state index contributed by atoms with van der Waals surface area (Å²) in [4.78, 5) is 41.1. The van der Waals surface area contributed by atoms with Crippen molar-refractivity contribution in [3.8, 4) is 11.1 Å². The third-order valence-electron chi connectivity index (χ3n) is 7.19. The maximum atomic E-state index is 13.0. The van der Waals surface area contributed by atoms with E-state index < -0.39 is 29.1 Å². The van der Waals surface area contributed by atoms with Gasteiger partial charge in [-0.05, 0) is 62.7 Å². The Bertz CT molecular complexity index is 1380. The van der Waals surface area contributed by atoms with Crippen molar-refractivity contribution < 1.29 is 14.7 Å². The molecular weight excluding hydrogens is 490 g/mol. The number of nitrogens with zero attached hydrogens (tertiary/aromatic N) is 4. The number of piperidine rings is 1. The number of thiazole rings is 1. The lowest BCUT2D eigenvalue weighted by atomic mass is 9.68. The van der Waals surface area contributed by atoms with E-state index in [1.165, 1.54) is 0 Å². The molecule has 3 atom stereocenters. The minimum Gasteiger partial charge on any atom is -0.481 e. The standard InChI is InChI=1S/C26H29N7O3S/c1-3-29-24(36)32-26(21-15-28-11-7-25(21,2)23(34)35)31-8-4-12-33(26)18-13-19(17-5-9-27-10-6-17)22-20(14-18)30-16-37-22/h4-6,8-10,12-14,16,21,28H,3,7,11,15H2,1-2H3,(H,34,35)(H2,29,32,36). The molecule has 1 fully saturated rings. The van der Waals surface area contributed by atoms with Crippen LogP contribution >= 0.6 is 11.3 Å². The van der Waals surface area contributed by atoms with Crippen molar-refractivity contribution in [2.75, 3.05) is 24.5 Å². The minimum absolute atomic E-state index is 0.354. The summed E-state index contributed by atoms with van der Waals surface area (Å²) in [5, 5.41) is 19.5. The molecule has 11 heteroatoms.